The lowest BCUT2D eigenvalue weighted by molar-refractivity contribution is 0.0910. The van der Waals surface area contributed by atoms with Gasteiger partial charge in [-0.15, -0.1) is 11.3 Å². The fraction of sp³-hybridized carbons (Fsp3) is 0.500. The van der Waals surface area contributed by atoms with E-state index >= 15 is 0 Å². The summed E-state index contributed by atoms with van der Waals surface area (Å²) in [5.41, 5.74) is 1.06. The van der Waals surface area contributed by atoms with E-state index in [2.05, 4.69) is 11.4 Å². The first-order chi connectivity index (χ1) is 12.2. The average molecular weight is 397 g/mol. The Labute approximate surface area is 158 Å². The molecule has 1 fully saturated rings. The Morgan fingerprint density at radius 3 is 2.46 bits per heavy atom. The highest BCUT2D eigenvalue weighted by Gasteiger charge is 2.32. The smallest absolute Gasteiger partial charge is 0.287 e. The van der Waals surface area contributed by atoms with Crippen molar-refractivity contribution in [2.24, 2.45) is 0 Å². The van der Waals surface area contributed by atoms with Crippen LogP contribution in [0.5, 0.6) is 0 Å². The molecule has 2 aromatic heterocycles. The Balaban J connectivity index is 1.80. The molecule has 1 N–H and O–H groups in total. The zero-order valence-electron chi connectivity index (χ0n) is 15.5. The largest absolute Gasteiger partial charge is 0.455 e. The molecule has 0 aliphatic carbocycles. The van der Waals surface area contributed by atoms with Gasteiger partial charge in [0.15, 0.2) is 5.76 Å². The van der Waals surface area contributed by atoms with Gasteiger partial charge in [0.25, 0.3) is 5.91 Å². The van der Waals surface area contributed by atoms with Gasteiger partial charge in [0.05, 0.1) is 6.04 Å². The van der Waals surface area contributed by atoms with E-state index in [9.17, 15) is 13.2 Å². The van der Waals surface area contributed by atoms with Crippen molar-refractivity contribution in [2.45, 2.75) is 51.5 Å². The summed E-state index contributed by atoms with van der Waals surface area (Å²) < 4.78 is 32.4. The molecule has 0 spiro atoms. The van der Waals surface area contributed by atoms with Crippen LogP contribution in [0.3, 0.4) is 0 Å². The van der Waals surface area contributed by atoms with Crippen molar-refractivity contribution in [1.29, 1.82) is 0 Å². The summed E-state index contributed by atoms with van der Waals surface area (Å²) in [4.78, 5) is 15.0. The minimum atomic E-state index is -3.60. The minimum Gasteiger partial charge on any atom is -0.455 e. The Morgan fingerprint density at radius 1 is 1.23 bits per heavy atom. The lowest BCUT2D eigenvalue weighted by Crippen LogP contribution is -2.28. The summed E-state index contributed by atoms with van der Waals surface area (Å²) in [6.45, 7) is 8.57. The average Bonchev–Trinajstić information content (AvgIpc) is 3.27. The predicted molar refractivity (Wildman–Crippen MR) is 101 cm³/mol. The van der Waals surface area contributed by atoms with Crippen molar-refractivity contribution in [1.82, 2.24) is 9.62 Å². The molecule has 1 aliphatic heterocycles. The summed E-state index contributed by atoms with van der Waals surface area (Å²) in [5.74, 6) is -0.138. The molecule has 6 nitrogen and oxygen atoms in total. The maximum Gasteiger partial charge on any atom is 0.287 e. The summed E-state index contributed by atoms with van der Waals surface area (Å²) in [6.07, 6.45) is 1.72. The van der Waals surface area contributed by atoms with Crippen LogP contribution in [0.1, 0.15) is 57.4 Å². The number of furan rings is 1. The molecule has 1 unspecified atom stereocenters. The lowest BCUT2D eigenvalue weighted by atomic mass is 10.1. The Bertz CT molecular complexity index is 921. The molecule has 1 saturated heterocycles. The number of nitrogens with one attached hydrogen (secondary N) is 1. The van der Waals surface area contributed by atoms with Crippen LogP contribution in [-0.2, 0) is 10.0 Å². The van der Waals surface area contributed by atoms with Crippen molar-refractivity contribution in [3.05, 3.63) is 39.0 Å². The van der Waals surface area contributed by atoms with E-state index in [4.69, 9.17) is 4.42 Å². The Kier molecular flexibility index (Phi) is 5.28. The summed E-state index contributed by atoms with van der Waals surface area (Å²) in [7, 11) is -3.60. The van der Waals surface area contributed by atoms with E-state index in [-0.39, 0.29) is 22.5 Å². The molecule has 2 aromatic rings. The predicted octanol–water partition coefficient (Wildman–Crippen LogP) is 3.54. The second-order valence-corrected chi connectivity index (χ2v) is 10.1. The number of aryl methyl sites for hydroxylation is 3. The molecule has 3 heterocycles. The van der Waals surface area contributed by atoms with Gasteiger partial charge in [0.1, 0.15) is 10.7 Å². The SMILES string of the molecule is Cc1cc(C(C)NC(=O)c2cc(S(=O)(=O)N3CCCC3)c(C)o2)c(C)s1. The molecule has 3 rings (SSSR count). The highest BCUT2D eigenvalue weighted by atomic mass is 32.2. The fourth-order valence-corrected chi connectivity index (χ4v) is 6.03. The number of hydrogen-bond donors (Lipinski definition) is 1. The molecule has 0 radical (unpaired) electrons. The van der Waals surface area contributed by atoms with Gasteiger partial charge in [-0.2, -0.15) is 4.31 Å². The monoisotopic (exact) mass is 396 g/mol. The molecular weight excluding hydrogens is 372 g/mol. The number of amides is 1. The van der Waals surface area contributed by atoms with E-state index in [1.165, 1.54) is 15.2 Å². The van der Waals surface area contributed by atoms with Crippen LogP contribution in [-0.4, -0.2) is 31.7 Å². The zero-order valence-corrected chi connectivity index (χ0v) is 17.1. The standard InChI is InChI=1S/C18H24N2O4S2/c1-11-9-15(14(4)25-11)12(2)19-18(21)16-10-17(13(3)24-16)26(22,23)20-7-5-6-8-20/h9-10,12H,5-8H2,1-4H3,(H,19,21). The zero-order chi connectivity index (χ0) is 19.1. The number of thiophene rings is 1. The molecule has 1 amide bonds. The maximum absolute atomic E-state index is 12.7. The van der Waals surface area contributed by atoms with Crippen LogP contribution in [0.4, 0.5) is 0 Å². The minimum absolute atomic E-state index is 0.0247. The normalized spacial score (nSPS) is 16.8. The first kappa shape index (κ1) is 19.1. The molecule has 1 aliphatic rings. The number of sulfonamides is 1. The van der Waals surface area contributed by atoms with E-state index in [0.717, 1.165) is 23.3 Å². The first-order valence-electron chi connectivity index (χ1n) is 8.68. The number of carbonyl (C=O) groups is 1. The Hall–Kier alpha value is -1.64. The van der Waals surface area contributed by atoms with Crippen molar-refractivity contribution in [2.75, 3.05) is 13.1 Å². The van der Waals surface area contributed by atoms with Gasteiger partial charge in [-0.25, -0.2) is 8.42 Å². The fourth-order valence-electron chi connectivity index (χ4n) is 3.33. The van der Waals surface area contributed by atoms with E-state index < -0.39 is 15.9 Å². The quantitative estimate of drug-likeness (QED) is 0.838. The van der Waals surface area contributed by atoms with Crippen LogP contribution in [0.25, 0.3) is 0 Å². The molecular formula is C18H24N2O4S2. The second-order valence-electron chi connectivity index (χ2n) is 6.71. The number of carbonyl (C=O) groups excluding carboxylic acids is 1. The first-order valence-corrected chi connectivity index (χ1v) is 10.9. The van der Waals surface area contributed by atoms with Gasteiger partial charge in [-0.1, -0.05) is 0 Å². The van der Waals surface area contributed by atoms with Gasteiger partial charge < -0.3 is 9.73 Å². The molecule has 0 saturated carbocycles. The van der Waals surface area contributed by atoms with Gasteiger partial charge in [0, 0.05) is 28.9 Å². The summed E-state index contributed by atoms with van der Waals surface area (Å²) in [6, 6.07) is 3.22. The van der Waals surface area contributed by atoms with Crippen molar-refractivity contribution >= 4 is 27.3 Å². The van der Waals surface area contributed by atoms with Crippen LogP contribution >= 0.6 is 11.3 Å². The summed E-state index contributed by atoms with van der Waals surface area (Å²) in [5, 5.41) is 2.89. The van der Waals surface area contributed by atoms with Gasteiger partial charge >= 0.3 is 0 Å². The topological polar surface area (TPSA) is 79.6 Å². The maximum atomic E-state index is 12.7. The molecule has 8 heteroatoms. The Morgan fingerprint density at radius 2 is 1.88 bits per heavy atom. The highest BCUT2D eigenvalue weighted by molar-refractivity contribution is 7.89. The third kappa shape index (κ3) is 3.58. The highest BCUT2D eigenvalue weighted by Crippen LogP contribution is 2.28. The van der Waals surface area contributed by atoms with Crippen LogP contribution in [0.2, 0.25) is 0 Å². The van der Waals surface area contributed by atoms with E-state index in [1.807, 2.05) is 20.8 Å². The molecule has 0 aromatic carbocycles. The third-order valence-electron chi connectivity index (χ3n) is 4.67. The second kappa shape index (κ2) is 7.17. The number of rotatable bonds is 5. The number of nitrogens with zero attached hydrogens (tertiary/aromatic N) is 1. The molecule has 26 heavy (non-hydrogen) atoms. The number of hydrogen-bond acceptors (Lipinski definition) is 5. The van der Waals surface area contributed by atoms with Crippen LogP contribution in [0, 0.1) is 20.8 Å². The third-order valence-corrected chi connectivity index (χ3v) is 7.66. The molecule has 0 bridgehead atoms. The molecule has 142 valence electrons. The van der Waals surface area contributed by atoms with Crippen LogP contribution < -0.4 is 5.32 Å². The van der Waals surface area contributed by atoms with Crippen molar-refractivity contribution in [3.8, 4) is 0 Å². The lowest BCUT2D eigenvalue weighted by Gasteiger charge is -2.14. The van der Waals surface area contributed by atoms with Crippen molar-refractivity contribution < 1.29 is 17.6 Å². The van der Waals surface area contributed by atoms with Crippen LogP contribution in [0.15, 0.2) is 21.4 Å². The van der Waals surface area contributed by atoms with E-state index in [0.29, 0.717) is 13.1 Å². The van der Waals surface area contributed by atoms with Gasteiger partial charge in [-0.05, 0) is 52.2 Å². The van der Waals surface area contributed by atoms with E-state index in [1.54, 1.807) is 18.3 Å². The summed E-state index contributed by atoms with van der Waals surface area (Å²) >= 11 is 1.68. The van der Waals surface area contributed by atoms with Gasteiger partial charge in [-0.3, -0.25) is 4.79 Å². The molecule has 1 atom stereocenters. The van der Waals surface area contributed by atoms with Crippen molar-refractivity contribution in [3.63, 3.8) is 0 Å². The van der Waals surface area contributed by atoms with Gasteiger partial charge in [0.2, 0.25) is 10.0 Å².